The van der Waals surface area contributed by atoms with Crippen LogP contribution in [0.1, 0.15) is 17.0 Å². The van der Waals surface area contributed by atoms with Gasteiger partial charge in [-0.25, -0.2) is 4.98 Å². The largest absolute Gasteiger partial charge is 0.325 e. The second-order valence-electron chi connectivity index (χ2n) is 8.02. The number of benzene rings is 3. The van der Waals surface area contributed by atoms with E-state index in [0.29, 0.717) is 6.42 Å². The van der Waals surface area contributed by atoms with Gasteiger partial charge in [-0.1, -0.05) is 48.2 Å². The smallest absolute Gasteiger partial charge is 0.234 e. The summed E-state index contributed by atoms with van der Waals surface area (Å²) in [5.41, 5.74) is 5.21. The second-order valence-corrected chi connectivity index (χ2v) is 10.00. The minimum absolute atomic E-state index is 0.0826. The van der Waals surface area contributed by atoms with Crippen LogP contribution in [0.15, 0.2) is 78.0 Å². The van der Waals surface area contributed by atoms with Gasteiger partial charge in [-0.15, -0.1) is 21.5 Å². The van der Waals surface area contributed by atoms with Crippen molar-refractivity contribution in [3.63, 3.8) is 0 Å². The molecule has 0 aliphatic rings. The fraction of sp³-hybridized carbons (Fsp3) is 0.154. The summed E-state index contributed by atoms with van der Waals surface area (Å²) in [4.78, 5) is 17.2. The van der Waals surface area contributed by atoms with Gasteiger partial charge in [0.25, 0.3) is 0 Å². The Morgan fingerprint density at radius 3 is 2.62 bits per heavy atom. The normalized spacial score (nSPS) is 11.1. The molecule has 0 radical (unpaired) electrons. The molecule has 8 heteroatoms. The van der Waals surface area contributed by atoms with Gasteiger partial charge >= 0.3 is 0 Å². The molecule has 0 atom stereocenters. The number of fused-ring (bicyclic) bond motifs is 1. The Hall–Kier alpha value is -3.49. The molecule has 2 aromatic heterocycles. The Labute approximate surface area is 206 Å². The first-order valence-corrected chi connectivity index (χ1v) is 12.7. The quantitative estimate of drug-likeness (QED) is 0.298. The van der Waals surface area contributed by atoms with Gasteiger partial charge in [-0.2, -0.15) is 0 Å². The van der Waals surface area contributed by atoms with Gasteiger partial charge in [0.1, 0.15) is 10.8 Å². The molecule has 3 aromatic carbocycles. The molecule has 0 aliphatic carbocycles. The molecule has 1 N–H and O–H groups in total. The van der Waals surface area contributed by atoms with Crippen LogP contribution in [0.25, 0.3) is 20.8 Å². The number of aryl methyl sites for hydroxylation is 1. The van der Waals surface area contributed by atoms with E-state index in [2.05, 4.69) is 52.8 Å². The SMILES string of the molecule is Cc1ccc2nc(-c3ccc(NC(=O)CSc4nnc(Cc5ccccc5)n4C)cc3)sc2c1. The molecule has 170 valence electrons. The van der Waals surface area contributed by atoms with Crippen molar-refractivity contribution in [3.05, 3.63) is 89.7 Å². The number of nitrogens with one attached hydrogen (secondary N) is 1. The Kier molecular flexibility index (Phi) is 6.42. The first-order valence-electron chi connectivity index (χ1n) is 10.9. The van der Waals surface area contributed by atoms with Gasteiger partial charge in [-0.05, 0) is 54.4 Å². The van der Waals surface area contributed by atoms with Crippen molar-refractivity contribution >= 4 is 44.9 Å². The third-order valence-electron chi connectivity index (χ3n) is 5.42. The van der Waals surface area contributed by atoms with Gasteiger partial charge < -0.3 is 9.88 Å². The third-order valence-corrected chi connectivity index (χ3v) is 7.51. The average Bonchev–Trinajstić information content (AvgIpc) is 3.42. The van der Waals surface area contributed by atoms with Crippen LogP contribution >= 0.6 is 23.1 Å². The lowest BCUT2D eigenvalue weighted by Crippen LogP contribution is -2.14. The summed E-state index contributed by atoms with van der Waals surface area (Å²) in [5.74, 6) is 1.05. The average molecular weight is 486 g/mol. The Morgan fingerprint density at radius 1 is 1.03 bits per heavy atom. The number of thioether (sulfide) groups is 1. The fourth-order valence-corrected chi connectivity index (χ4v) is 5.38. The molecule has 0 aliphatic heterocycles. The minimum Gasteiger partial charge on any atom is -0.325 e. The molecule has 34 heavy (non-hydrogen) atoms. The molecule has 6 nitrogen and oxygen atoms in total. The van der Waals surface area contributed by atoms with E-state index < -0.39 is 0 Å². The number of hydrogen-bond donors (Lipinski definition) is 1. The molecular weight excluding hydrogens is 462 g/mol. The highest BCUT2D eigenvalue weighted by molar-refractivity contribution is 7.99. The Morgan fingerprint density at radius 2 is 1.82 bits per heavy atom. The molecule has 5 rings (SSSR count). The van der Waals surface area contributed by atoms with Crippen LogP contribution in [0.3, 0.4) is 0 Å². The Bertz CT molecular complexity index is 1440. The van der Waals surface area contributed by atoms with Gasteiger partial charge in [0.05, 0.1) is 16.0 Å². The van der Waals surface area contributed by atoms with Gasteiger partial charge in [0.2, 0.25) is 5.91 Å². The molecule has 0 fully saturated rings. The maximum absolute atomic E-state index is 12.5. The standard InChI is InChI=1S/C26H23N5OS2/c1-17-8-13-21-22(14-17)34-25(28-21)19-9-11-20(12-10-19)27-24(32)16-33-26-30-29-23(31(26)2)15-18-6-4-3-5-7-18/h3-14H,15-16H2,1-2H3,(H,27,32). The molecule has 5 aromatic rings. The van der Waals surface area contributed by atoms with E-state index in [4.69, 9.17) is 4.98 Å². The summed E-state index contributed by atoms with van der Waals surface area (Å²) >= 11 is 3.05. The summed E-state index contributed by atoms with van der Waals surface area (Å²) < 4.78 is 3.12. The second kappa shape index (κ2) is 9.79. The first-order chi connectivity index (χ1) is 16.5. The number of nitrogens with zero attached hydrogens (tertiary/aromatic N) is 4. The number of anilines is 1. The zero-order valence-corrected chi connectivity index (χ0v) is 20.5. The van der Waals surface area contributed by atoms with Crippen LogP contribution in [0.5, 0.6) is 0 Å². The van der Waals surface area contributed by atoms with Crippen molar-refractivity contribution < 1.29 is 4.79 Å². The Balaban J connectivity index is 1.18. The number of hydrogen-bond acceptors (Lipinski definition) is 6. The van der Waals surface area contributed by atoms with Crippen LogP contribution in [-0.2, 0) is 18.3 Å². The van der Waals surface area contributed by atoms with Crippen molar-refractivity contribution in [2.45, 2.75) is 18.5 Å². The molecule has 0 saturated heterocycles. The maximum Gasteiger partial charge on any atom is 0.234 e. The number of aromatic nitrogens is 4. The first kappa shape index (κ1) is 22.3. The highest BCUT2D eigenvalue weighted by Gasteiger charge is 2.13. The third kappa shape index (κ3) is 5.03. The number of amides is 1. The topological polar surface area (TPSA) is 72.7 Å². The maximum atomic E-state index is 12.5. The molecule has 0 saturated carbocycles. The highest BCUT2D eigenvalue weighted by Crippen LogP contribution is 2.31. The number of thiazole rings is 1. The highest BCUT2D eigenvalue weighted by atomic mass is 32.2. The minimum atomic E-state index is -0.0826. The molecule has 2 heterocycles. The molecule has 0 unspecified atom stereocenters. The monoisotopic (exact) mass is 485 g/mol. The van der Waals surface area contributed by atoms with Crippen molar-refractivity contribution in [2.24, 2.45) is 7.05 Å². The van der Waals surface area contributed by atoms with Crippen LogP contribution < -0.4 is 5.32 Å². The van der Waals surface area contributed by atoms with E-state index in [0.717, 1.165) is 32.8 Å². The lowest BCUT2D eigenvalue weighted by molar-refractivity contribution is -0.113. The summed E-state index contributed by atoms with van der Waals surface area (Å²) in [6.07, 6.45) is 0.706. The van der Waals surface area contributed by atoms with E-state index in [1.807, 2.05) is 54.1 Å². The zero-order chi connectivity index (χ0) is 23.5. The lowest BCUT2D eigenvalue weighted by atomic mass is 10.1. The van der Waals surface area contributed by atoms with E-state index in [9.17, 15) is 4.79 Å². The number of carbonyl (C=O) groups excluding carboxylic acids is 1. The van der Waals surface area contributed by atoms with Crippen LogP contribution in [-0.4, -0.2) is 31.4 Å². The van der Waals surface area contributed by atoms with E-state index in [1.54, 1.807) is 11.3 Å². The lowest BCUT2D eigenvalue weighted by Gasteiger charge is -2.06. The van der Waals surface area contributed by atoms with Crippen LogP contribution in [0, 0.1) is 6.92 Å². The molecule has 0 spiro atoms. The molecular formula is C26H23N5OS2. The number of rotatable bonds is 7. The van der Waals surface area contributed by atoms with Crippen molar-refractivity contribution in [2.75, 3.05) is 11.1 Å². The predicted octanol–water partition coefficient (Wildman–Crippen LogP) is 5.72. The molecule has 0 bridgehead atoms. The van der Waals surface area contributed by atoms with Crippen molar-refractivity contribution in [3.8, 4) is 10.6 Å². The summed E-state index contributed by atoms with van der Waals surface area (Å²) in [5, 5.41) is 13.2. The summed E-state index contributed by atoms with van der Waals surface area (Å²) in [7, 11) is 1.93. The van der Waals surface area contributed by atoms with Crippen molar-refractivity contribution in [1.29, 1.82) is 0 Å². The van der Waals surface area contributed by atoms with Gasteiger partial charge in [0, 0.05) is 24.7 Å². The molecule has 1 amide bonds. The van der Waals surface area contributed by atoms with Gasteiger partial charge in [-0.3, -0.25) is 4.79 Å². The summed E-state index contributed by atoms with van der Waals surface area (Å²) in [6, 6.07) is 24.3. The van der Waals surface area contributed by atoms with Crippen molar-refractivity contribution in [1.82, 2.24) is 19.7 Å². The fourth-order valence-electron chi connectivity index (χ4n) is 3.58. The van der Waals surface area contributed by atoms with Gasteiger partial charge in [0.15, 0.2) is 5.16 Å². The van der Waals surface area contributed by atoms with E-state index >= 15 is 0 Å². The van der Waals surface area contributed by atoms with E-state index in [1.165, 1.54) is 27.6 Å². The number of carbonyl (C=O) groups is 1. The zero-order valence-electron chi connectivity index (χ0n) is 18.9. The van der Waals surface area contributed by atoms with E-state index in [-0.39, 0.29) is 11.7 Å². The van der Waals surface area contributed by atoms with Crippen LogP contribution in [0.2, 0.25) is 0 Å². The van der Waals surface area contributed by atoms with Crippen LogP contribution in [0.4, 0.5) is 5.69 Å². The summed E-state index contributed by atoms with van der Waals surface area (Å²) in [6.45, 7) is 2.09. The predicted molar refractivity (Wildman–Crippen MR) is 139 cm³/mol.